The van der Waals surface area contributed by atoms with E-state index in [1.165, 1.54) is 0 Å². The van der Waals surface area contributed by atoms with Crippen molar-refractivity contribution in [1.82, 2.24) is 0 Å². The zero-order valence-electron chi connectivity index (χ0n) is 15.6. The third kappa shape index (κ3) is 5.80. The molecule has 1 aliphatic rings. The summed E-state index contributed by atoms with van der Waals surface area (Å²) < 4.78 is 21.5. The highest BCUT2D eigenvalue weighted by Gasteiger charge is 2.25. The molecule has 2 aromatic rings. The number of ether oxygens (including phenoxy) is 4. The quantitative estimate of drug-likeness (QED) is 0.768. The predicted octanol–water partition coefficient (Wildman–Crippen LogP) is 3.40. The molecule has 0 spiro atoms. The van der Waals surface area contributed by atoms with Crippen LogP contribution in [0.3, 0.4) is 0 Å². The normalized spacial score (nSPS) is 18.9. The molecular formula is C21H23NO6. The molecule has 3 rings (SSSR count). The van der Waals surface area contributed by atoms with Gasteiger partial charge in [0.2, 0.25) is 0 Å². The third-order valence-corrected chi connectivity index (χ3v) is 4.10. The number of anilines is 1. The van der Waals surface area contributed by atoms with Crippen molar-refractivity contribution in [3.05, 3.63) is 65.7 Å². The summed E-state index contributed by atoms with van der Waals surface area (Å²) in [4.78, 5) is 23.7. The Labute approximate surface area is 163 Å². The summed E-state index contributed by atoms with van der Waals surface area (Å²) in [6.45, 7) is 2.59. The molecule has 0 bridgehead atoms. The van der Waals surface area contributed by atoms with Crippen LogP contribution in [0.4, 0.5) is 10.5 Å². The van der Waals surface area contributed by atoms with E-state index in [1.54, 1.807) is 31.2 Å². The van der Waals surface area contributed by atoms with Gasteiger partial charge in [-0.15, -0.1) is 0 Å². The minimum Gasteiger partial charge on any atom is -0.462 e. The molecule has 2 aromatic carbocycles. The number of carbonyl (C=O) groups excluding carboxylic acids is 2. The van der Waals surface area contributed by atoms with E-state index in [4.69, 9.17) is 18.9 Å². The first-order chi connectivity index (χ1) is 13.6. The molecule has 0 atom stereocenters. The molecule has 0 aliphatic carbocycles. The highest BCUT2D eigenvalue weighted by Crippen LogP contribution is 2.15. The molecule has 1 N–H and O–H groups in total. The van der Waals surface area contributed by atoms with Crippen molar-refractivity contribution >= 4 is 17.7 Å². The van der Waals surface area contributed by atoms with Crippen LogP contribution in [0.5, 0.6) is 0 Å². The van der Waals surface area contributed by atoms with Gasteiger partial charge in [0.1, 0.15) is 0 Å². The average Bonchev–Trinajstić information content (AvgIpc) is 2.71. The fraction of sp³-hybridized carbons (Fsp3) is 0.333. The minimum absolute atomic E-state index is 0.271. The van der Waals surface area contributed by atoms with Crippen LogP contribution in [-0.4, -0.2) is 44.3 Å². The fourth-order valence-corrected chi connectivity index (χ4v) is 2.72. The summed E-state index contributed by atoms with van der Waals surface area (Å²) in [6.07, 6.45) is -0.791. The number of nitrogens with one attached hydrogen (secondary N) is 1. The van der Waals surface area contributed by atoms with Gasteiger partial charge >= 0.3 is 12.1 Å². The van der Waals surface area contributed by atoms with Crippen LogP contribution >= 0.6 is 0 Å². The number of carbonyl (C=O) groups is 2. The lowest BCUT2D eigenvalue weighted by Crippen LogP contribution is -2.40. The second-order valence-electron chi connectivity index (χ2n) is 6.24. The van der Waals surface area contributed by atoms with E-state index in [2.05, 4.69) is 5.32 Å². The molecule has 7 nitrogen and oxygen atoms in total. The SMILES string of the molecule is CCOC(=O)c1ccc(NC(=O)OC2COC(Cc3ccccc3)OC2)cc1. The number of esters is 1. The van der Waals surface area contributed by atoms with E-state index in [9.17, 15) is 9.59 Å². The molecule has 28 heavy (non-hydrogen) atoms. The first-order valence-corrected chi connectivity index (χ1v) is 9.16. The summed E-state index contributed by atoms with van der Waals surface area (Å²) in [5, 5.41) is 2.61. The van der Waals surface area contributed by atoms with Crippen molar-refractivity contribution in [3.63, 3.8) is 0 Å². The third-order valence-electron chi connectivity index (χ3n) is 4.10. The van der Waals surface area contributed by atoms with Crippen LogP contribution < -0.4 is 5.32 Å². The van der Waals surface area contributed by atoms with Crippen LogP contribution in [0.2, 0.25) is 0 Å². The maximum atomic E-state index is 12.0. The maximum Gasteiger partial charge on any atom is 0.412 e. The van der Waals surface area contributed by atoms with E-state index in [1.807, 2.05) is 30.3 Å². The van der Waals surface area contributed by atoms with Crippen molar-refractivity contribution in [2.75, 3.05) is 25.1 Å². The zero-order valence-corrected chi connectivity index (χ0v) is 15.6. The Hall–Kier alpha value is -2.90. The molecule has 1 fully saturated rings. The Balaban J connectivity index is 1.41. The lowest BCUT2D eigenvalue weighted by Gasteiger charge is -2.29. The summed E-state index contributed by atoms with van der Waals surface area (Å²) in [5.74, 6) is -0.404. The smallest absolute Gasteiger partial charge is 0.412 e. The van der Waals surface area contributed by atoms with Gasteiger partial charge in [0.25, 0.3) is 0 Å². The molecule has 1 aliphatic heterocycles. The van der Waals surface area contributed by atoms with Gasteiger partial charge in [0.15, 0.2) is 12.4 Å². The van der Waals surface area contributed by atoms with E-state index in [-0.39, 0.29) is 19.5 Å². The summed E-state index contributed by atoms with van der Waals surface area (Å²) in [6, 6.07) is 16.3. The van der Waals surface area contributed by atoms with Gasteiger partial charge in [-0.05, 0) is 36.8 Å². The van der Waals surface area contributed by atoms with Gasteiger partial charge in [-0.3, -0.25) is 5.32 Å². The van der Waals surface area contributed by atoms with E-state index >= 15 is 0 Å². The monoisotopic (exact) mass is 385 g/mol. The van der Waals surface area contributed by atoms with Crippen molar-refractivity contribution < 1.29 is 28.5 Å². The van der Waals surface area contributed by atoms with Crippen molar-refractivity contribution in [2.45, 2.75) is 25.7 Å². The van der Waals surface area contributed by atoms with Gasteiger partial charge in [0, 0.05) is 12.1 Å². The Bertz CT molecular complexity index is 769. The van der Waals surface area contributed by atoms with Crippen molar-refractivity contribution in [3.8, 4) is 0 Å². The Kier molecular flexibility index (Phi) is 7.00. The molecule has 0 saturated carbocycles. The second kappa shape index (κ2) is 9.87. The van der Waals surface area contributed by atoms with E-state index < -0.39 is 18.2 Å². The minimum atomic E-state index is -0.609. The molecule has 7 heteroatoms. The lowest BCUT2D eigenvalue weighted by atomic mass is 10.1. The molecule has 1 heterocycles. The molecular weight excluding hydrogens is 362 g/mol. The number of rotatable bonds is 6. The molecule has 1 amide bonds. The Morgan fingerprint density at radius 2 is 1.71 bits per heavy atom. The van der Waals surface area contributed by atoms with Crippen molar-refractivity contribution in [2.24, 2.45) is 0 Å². The molecule has 0 aromatic heterocycles. The summed E-state index contributed by atoms with van der Waals surface area (Å²) >= 11 is 0. The Morgan fingerprint density at radius 1 is 1.04 bits per heavy atom. The topological polar surface area (TPSA) is 83.1 Å². The second-order valence-corrected chi connectivity index (χ2v) is 6.24. The average molecular weight is 385 g/mol. The molecule has 0 radical (unpaired) electrons. The standard InChI is InChI=1S/C21H23NO6/c1-2-25-20(23)16-8-10-17(11-9-16)22-21(24)28-18-13-26-19(27-14-18)12-15-6-4-3-5-7-15/h3-11,18-19H,2,12-14H2,1H3,(H,22,24). The van der Waals surface area contributed by atoms with Gasteiger partial charge in [-0.1, -0.05) is 30.3 Å². The van der Waals surface area contributed by atoms with Gasteiger partial charge in [0.05, 0.1) is 25.4 Å². The highest BCUT2D eigenvalue weighted by atomic mass is 16.7. The fourth-order valence-electron chi connectivity index (χ4n) is 2.72. The van der Waals surface area contributed by atoms with Gasteiger partial charge in [-0.2, -0.15) is 0 Å². The number of benzene rings is 2. The summed E-state index contributed by atoms with van der Waals surface area (Å²) in [7, 11) is 0. The summed E-state index contributed by atoms with van der Waals surface area (Å²) in [5.41, 5.74) is 2.05. The maximum absolute atomic E-state index is 12.0. The largest absolute Gasteiger partial charge is 0.462 e. The molecule has 0 unspecified atom stereocenters. The first kappa shape index (κ1) is 19.9. The zero-order chi connectivity index (χ0) is 19.8. The van der Waals surface area contributed by atoms with Crippen LogP contribution in [-0.2, 0) is 25.4 Å². The van der Waals surface area contributed by atoms with E-state index in [0.29, 0.717) is 24.3 Å². The van der Waals surface area contributed by atoms with Gasteiger partial charge < -0.3 is 18.9 Å². The molecule has 148 valence electrons. The highest BCUT2D eigenvalue weighted by molar-refractivity contribution is 5.91. The predicted molar refractivity (Wildman–Crippen MR) is 102 cm³/mol. The van der Waals surface area contributed by atoms with Crippen LogP contribution in [0.1, 0.15) is 22.8 Å². The number of hydrogen-bond acceptors (Lipinski definition) is 6. The number of amides is 1. The molecule has 1 saturated heterocycles. The van der Waals surface area contributed by atoms with Crippen molar-refractivity contribution in [1.29, 1.82) is 0 Å². The van der Waals surface area contributed by atoms with E-state index in [0.717, 1.165) is 5.56 Å². The van der Waals surface area contributed by atoms with Crippen LogP contribution in [0.25, 0.3) is 0 Å². The lowest BCUT2D eigenvalue weighted by molar-refractivity contribution is -0.214. The Morgan fingerprint density at radius 3 is 2.36 bits per heavy atom. The van der Waals surface area contributed by atoms with Gasteiger partial charge in [-0.25, -0.2) is 9.59 Å². The number of hydrogen-bond donors (Lipinski definition) is 1. The first-order valence-electron chi connectivity index (χ1n) is 9.16. The van der Waals surface area contributed by atoms with Crippen LogP contribution in [0, 0.1) is 0 Å². The van der Waals surface area contributed by atoms with Crippen LogP contribution in [0.15, 0.2) is 54.6 Å².